The van der Waals surface area contributed by atoms with E-state index < -0.39 is 0 Å². The van der Waals surface area contributed by atoms with E-state index in [1.54, 1.807) is 0 Å². The Morgan fingerprint density at radius 2 is 0.614 bits per heavy atom. The lowest BCUT2D eigenvalue weighted by molar-refractivity contribution is 0.634. The number of rotatable bonds is 5. The lowest BCUT2D eigenvalue weighted by Gasteiger charge is -2.42. The van der Waals surface area contributed by atoms with Crippen molar-refractivity contribution < 1.29 is 0 Å². The van der Waals surface area contributed by atoms with Gasteiger partial charge in [0.05, 0.1) is 44.5 Å². The van der Waals surface area contributed by atoms with Crippen molar-refractivity contribution in [1.82, 2.24) is 13.7 Å². The maximum Gasteiger partial charge on any atom is 0.0562 e. The van der Waals surface area contributed by atoms with Crippen molar-refractivity contribution in [3.63, 3.8) is 0 Å². The molecule has 3 aromatic heterocycles. The molecule has 0 radical (unpaired) electrons. The summed E-state index contributed by atoms with van der Waals surface area (Å²) in [6, 6.07) is 104. The van der Waals surface area contributed by atoms with Gasteiger partial charge in [0.25, 0.3) is 0 Å². The first-order valence-electron chi connectivity index (χ1n) is 28.9. The van der Waals surface area contributed by atoms with Crippen LogP contribution in [0.15, 0.2) is 279 Å². The average Bonchev–Trinajstić information content (AvgIpc) is 2.38. The third-order valence-electron chi connectivity index (χ3n) is 18.5. The number of nitrogens with zero attached hydrogens (tertiary/aromatic N) is 4. The summed E-state index contributed by atoms with van der Waals surface area (Å²) < 4.78 is 7.36. The van der Waals surface area contributed by atoms with Gasteiger partial charge in [0.1, 0.15) is 0 Å². The molecule has 17 aromatic rings. The highest BCUT2D eigenvalue weighted by atomic mass is 15.2. The highest BCUT2D eigenvalue weighted by Crippen LogP contribution is 2.56. The zero-order chi connectivity index (χ0) is 54.7. The molecule has 18 rings (SSSR count). The van der Waals surface area contributed by atoms with Crippen LogP contribution in [0.25, 0.3) is 137 Å². The Morgan fingerprint density at radius 3 is 1.20 bits per heavy atom. The lowest BCUT2D eigenvalue weighted by Crippen LogP contribution is -2.30. The average molecular weight is 1060 g/mol. The summed E-state index contributed by atoms with van der Waals surface area (Å²) in [4.78, 5) is 2.58. The Morgan fingerprint density at radius 1 is 0.229 bits per heavy atom. The molecule has 83 heavy (non-hydrogen) atoms. The first-order chi connectivity index (χ1) is 40.9. The molecule has 1 aliphatic heterocycles. The zero-order valence-electron chi connectivity index (χ0n) is 45.8. The quantitative estimate of drug-likeness (QED) is 0.157. The van der Waals surface area contributed by atoms with Crippen LogP contribution >= 0.6 is 0 Å². The molecular formula is C79H52N4. The Hall–Kier alpha value is -10.7. The molecule has 0 bridgehead atoms. The SMILES string of the molecule is CC1(C)c2cc3ccccc3cc2N(c2ccc3c(c2)c2cc(-c4ccc5c(c4)c4ccccc4n5-c4ccccc4)ccc2n3-c2ccccc2)c2cc3c(cc21)c1cc2c4ccccc4c4ccccc4c2cc1n3-c1ccccc1. The van der Waals surface area contributed by atoms with Crippen molar-refractivity contribution >= 4 is 126 Å². The second kappa shape index (κ2) is 17.2. The first-order valence-corrected chi connectivity index (χ1v) is 28.9. The molecule has 0 saturated heterocycles. The van der Waals surface area contributed by atoms with Crippen LogP contribution in [0.3, 0.4) is 0 Å². The van der Waals surface area contributed by atoms with E-state index in [1.807, 2.05) is 0 Å². The molecule has 0 unspecified atom stereocenters. The van der Waals surface area contributed by atoms with Crippen molar-refractivity contribution in [2.24, 2.45) is 0 Å². The van der Waals surface area contributed by atoms with Crippen LogP contribution in [0.4, 0.5) is 17.1 Å². The summed E-state index contributed by atoms with van der Waals surface area (Å²) in [7, 11) is 0. The molecule has 14 aromatic carbocycles. The molecule has 4 heteroatoms. The van der Waals surface area contributed by atoms with Gasteiger partial charge in [0.2, 0.25) is 0 Å². The van der Waals surface area contributed by atoms with Crippen LogP contribution in [0.2, 0.25) is 0 Å². The van der Waals surface area contributed by atoms with Gasteiger partial charge in [-0.1, -0.05) is 172 Å². The van der Waals surface area contributed by atoms with E-state index in [1.165, 1.54) is 137 Å². The highest BCUT2D eigenvalue weighted by molar-refractivity contribution is 6.29. The van der Waals surface area contributed by atoms with Crippen LogP contribution in [-0.2, 0) is 5.41 Å². The van der Waals surface area contributed by atoms with Crippen molar-refractivity contribution in [3.8, 4) is 28.2 Å². The first kappa shape index (κ1) is 46.1. The Labute approximate surface area is 479 Å². The van der Waals surface area contributed by atoms with E-state index in [2.05, 4.69) is 312 Å². The molecule has 1 aliphatic rings. The molecule has 4 nitrogen and oxygen atoms in total. The molecule has 0 aliphatic carbocycles. The molecule has 388 valence electrons. The van der Waals surface area contributed by atoms with Gasteiger partial charge in [0.15, 0.2) is 0 Å². The summed E-state index contributed by atoms with van der Waals surface area (Å²) in [5.74, 6) is 0. The normalized spacial score (nSPS) is 13.3. The molecule has 0 fully saturated rings. The van der Waals surface area contributed by atoms with Crippen LogP contribution in [0.5, 0.6) is 0 Å². The molecule has 0 spiro atoms. The minimum atomic E-state index is -0.364. The monoisotopic (exact) mass is 1060 g/mol. The number of benzene rings is 14. The maximum atomic E-state index is 2.58. The summed E-state index contributed by atoms with van der Waals surface area (Å²) in [5.41, 5.74) is 18.6. The van der Waals surface area contributed by atoms with E-state index >= 15 is 0 Å². The predicted octanol–water partition coefficient (Wildman–Crippen LogP) is 21.4. The lowest BCUT2D eigenvalue weighted by atomic mass is 9.72. The largest absolute Gasteiger partial charge is 0.310 e. The number of anilines is 3. The fourth-order valence-corrected chi connectivity index (χ4v) is 14.6. The van der Waals surface area contributed by atoms with Gasteiger partial charge in [-0.2, -0.15) is 0 Å². The topological polar surface area (TPSA) is 18.0 Å². The van der Waals surface area contributed by atoms with Crippen molar-refractivity contribution in [2.75, 3.05) is 4.90 Å². The van der Waals surface area contributed by atoms with Crippen LogP contribution < -0.4 is 4.90 Å². The third kappa shape index (κ3) is 6.57. The fraction of sp³-hybridized carbons (Fsp3) is 0.0380. The minimum absolute atomic E-state index is 0.364. The van der Waals surface area contributed by atoms with E-state index in [0.717, 1.165) is 28.3 Å². The second-order valence-electron chi connectivity index (χ2n) is 23.3. The smallest absolute Gasteiger partial charge is 0.0562 e. The third-order valence-corrected chi connectivity index (χ3v) is 18.5. The van der Waals surface area contributed by atoms with Gasteiger partial charge < -0.3 is 18.6 Å². The van der Waals surface area contributed by atoms with Gasteiger partial charge >= 0.3 is 0 Å². The van der Waals surface area contributed by atoms with Crippen LogP contribution in [0, 0.1) is 0 Å². The summed E-state index contributed by atoms with van der Waals surface area (Å²) in [5, 5.41) is 17.5. The summed E-state index contributed by atoms with van der Waals surface area (Å²) in [6.45, 7) is 4.87. The van der Waals surface area contributed by atoms with E-state index in [4.69, 9.17) is 0 Å². The number of para-hydroxylation sites is 4. The fourth-order valence-electron chi connectivity index (χ4n) is 14.6. The standard InChI is InChI=1S/C79H52N4/c1-79(2)69-42-49-20-12-13-21-50(49)43-77(69)83(78-48-76-68(46-70(78)79)67-45-62-59-30-16-14-28-57(59)58-29-15-17-31-60(58)63(62)47-75(67)82(76)55-26-10-5-11-27-55)56-36-39-74-66(44-56)65-41-52(35-38-73(65)81(74)54-24-8-4-9-25-54)51-34-37-72-64(40-51)61-32-18-19-33-71(61)80(72)53-22-6-3-7-23-53/h3-48H,1-2H3. The number of fused-ring (bicyclic) bond motifs is 18. The van der Waals surface area contributed by atoms with Gasteiger partial charge in [0, 0.05) is 60.5 Å². The molecule has 4 heterocycles. The van der Waals surface area contributed by atoms with E-state index in [9.17, 15) is 0 Å². The van der Waals surface area contributed by atoms with Crippen LogP contribution in [0.1, 0.15) is 25.0 Å². The minimum Gasteiger partial charge on any atom is -0.310 e. The summed E-state index contributed by atoms with van der Waals surface area (Å²) >= 11 is 0. The second-order valence-corrected chi connectivity index (χ2v) is 23.3. The highest BCUT2D eigenvalue weighted by Gasteiger charge is 2.39. The van der Waals surface area contributed by atoms with Crippen molar-refractivity contribution in [3.05, 3.63) is 290 Å². The van der Waals surface area contributed by atoms with Gasteiger partial charge in [-0.05, 0) is 187 Å². The van der Waals surface area contributed by atoms with E-state index in [-0.39, 0.29) is 5.41 Å². The Bertz CT molecular complexity index is 5590. The van der Waals surface area contributed by atoms with Crippen LogP contribution in [-0.4, -0.2) is 13.7 Å². The van der Waals surface area contributed by atoms with Crippen molar-refractivity contribution in [2.45, 2.75) is 19.3 Å². The summed E-state index contributed by atoms with van der Waals surface area (Å²) in [6.07, 6.45) is 0. The van der Waals surface area contributed by atoms with E-state index in [0.29, 0.717) is 0 Å². The Balaban J connectivity index is 0.905. The molecule has 0 amide bonds. The number of hydrogen-bond donors (Lipinski definition) is 0. The molecular weight excluding hydrogens is 1000 g/mol. The molecule has 0 saturated carbocycles. The molecule has 0 atom stereocenters. The number of hydrogen-bond acceptors (Lipinski definition) is 1. The van der Waals surface area contributed by atoms with Gasteiger partial charge in [-0.25, -0.2) is 0 Å². The Kier molecular flexibility index (Phi) is 9.54. The predicted molar refractivity (Wildman–Crippen MR) is 352 cm³/mol. The van der Waals surface area contributed by atoms with Crippen molar-refractivity contribution in [1.29, 1.82) is 0 Å². The number of aromatic nitrogens is 3. The maximum absolute atomic E-state index is 2.58. The van der Waals surface area contributed by atoms with Gasteiger partial charge in [-0.15, -0.1) is 0 Å². The zero-order valence-corrected chi connectivity index (χ0v) is 45.8. The molecule has 0 N–H and O–H groups in total. The van der Waals surface area contributed by atoms with Gasteiger partial charge in [-0.3, -0.25) is 0 Å².